The van der Waals surface area contributed by atoms with E-state index in [0.29, 0.717) is 5.75 Å². The minimum absolute atomic E-state index is 0.0866. The van der Waals surface area contributed by atoms with Crippen molar-refractivity contribution in [1.29, 1.82) is 0 Å². The molecular weight excluding hydrogens is 300 g/mol. The van der Waals surface area contributed by atoms with Crippen LogP contribution in [0.2, 0.25) is 0 Å². The van der Waals surface area contributed by atoms with Crippen LogP contribution in [0, 0.1) is 0 Å². The van der Waals surface area contributed by atoms with Gasteiger partial charge in [0.25, 0.3) is 0 Å². The van der Waals surface area contributed by atoms with Crippen molar-refractivity contribution < 1.29 is 9.53 Å². The summed E-state index contributed by atoms with van der Waals surface area (Å²) < 4.78 is 5.58. The number of carbonyl (C=O) groups is 1. The maximum atomic E-state index is 12.4. The predicted octanol–water partition coefficient (Wildman–Crippen LogP) is 5.01. The average Bonchev–Trinajstić information content (AvgIpc) is 2.52. The molecule has 0 spiro atoms. The van der Waals surface area contributed by atoms with Crippen molar-refractivity contribution in [3.8, 4) is 5.75 Å². The van der Waals surface area contributed by atoms with Gasteiger partial charge in [-0.15, -0.1) is 0 Å². The number of ether oxygens (including phenoxy) is 1. The molecule has 2 aromatic carbocycles. The van der Waals surface area contributed by atoms with E-state index in [1.807, 2.05) is 64.1 Å². The van der Waals surface area contributed by atoms with E-state index in [0.717, 1.165) is 21.8 Å². The Morgan fingerprint density at radius 3 is 2.29 bits per heavy atom. The number of benzene rings is 2. The van der Waals surface area contributed by atoms with Crippen LogP contribution in [-0.2, 0) is 0 Å². The lowest BCUT2D eigenvalue weighted by molar-refractivity contribution is 0.123. The summed E-state index contributed by atoms with van der Waals surface area (Å²) in [6.45, 7) is 7.94. The van der Waals surface area contributed by atoms with Crippen molar-refractivity contribution in [1.82, 2.24) is 9.88 Å². The van der Waals surface area contributed by atoms with E-state index in [2.05, 4.69) is 11.1 Å². The zero-order chi connectivity index (χ0) is 17.3. The molecule has 0 aliphatic carbocycles. The highest BCUT2D eigenvalue weighted by atomic mass is 16.6. The van der Waals surface area contributed by atoms with Crippen LogP contribution in [0.3, 0.4) is 0 Å². The third kappa shape index (κ3) is 3.18. The largest absolute Gasteiger partial charge is 0.415 e. The van der Waals surface area contributed by atoms with Crippen molar-refractivity contribution in [3.05, 3.63) is 48.5 Å². The fraction of sp³-hybridized carbons (Fsp3) is 0.300. The van der Waals surface area contributed by atoms with Crippen molar-refractivity contribution in [3.63, 3.8) is 0 Å². The summed E-state index contributed by atoms with van der Waals surface area (Å²) in [6.07, 6.45) is -0.326. The Morgan fingerprint density at radius 1 is 0.917 bits per heavy atom. The van der Waals surface area contributed by atoms with Gasteiger partial charge in [0.1, 0.15) is 5.75 Å². The van der Waals surface area contributed by atoms with E-state index in [4.69, 9.17) is 4.74 Å². The molecule has 0 bridgehead atoms. The number of nitrogens with zero attached hydrogens (tertiary/aromatic N) is 2. The lowest BCUT2D eigenvalue weighted by atomic mass is 10.1. The molecule has 0 saturated carbocycles. The molecule has 3 rings (SSSR count). The predicted molar refractivity (Wildman–Crippen MR) is 97.4 cm³/mol. The number of amides is 1. The van der Waals surface area contributed by atoms with Gasteiger partial charge < -0.3 is 9.64 Å². The maximum absolute atomic E-state index is 12.4. The summed E-state index contributed by atoms with van der Waals surface area (Å²) in [6, 6.07) is 15.8. The van der Waals surface area contributed by atoms with Gasteiger partial charge in [0.15, 0.2) is 0 Å². The second kappa shape index (κ2) is 6.48. The first-order valence-corrected chi connectivity index (χ1v) is 8.25. The molecule has 24 heavy (non-hydrogen) atoms. The van der Waals surface area contributed by atoms with Crippen LogP contribution >= 0.6 is 0 Å². The van der Waals surface area contributed by atoms with Gasteiger partial charge in [-0.2, -0.15) is 0 Å². The molecule has 0 atom stereocenters. The van der Waals surface area contributed by atoms with E-state index >= 15 is 0 Å². The first-order chi connectivity index (χ1) is 11.5. The second-order valence-electron chi connectivity index (χ2n) is 6.50. The first kappa shape index (κ1) is 16.2. The highest BCUT2D eigenvalue weighted by molar-refractivity contribution is 5.93. The van der Waals surface area contributed by atoms with Crippen LogP contribution in [0.25, 0.3) is 21.8 Å². The molecule has 0 unspecified atom stereocenters. The Balaban J connectivity index is 1.93. The molecule has 124 valence electrons. The standard InChI is InChI=1S/C20H22N2O2/c1-13(2)22(14(3)4)20(23)24-17-9-10-19-16(12-17)11-15-7-5-6-8-18(15)21-19/h5-14H,1-4H3. The van der Waals surface area contributed by atoms with Gasteiger partial charge in [-0.3, -0.25) is 0 Å². The summed E-state index contributed by atoms with van der Waals surface area (Å²) in [7, 11) is 0. The van der Waals surface area contributed by atoms with Crippen molar-refractivity contribution in [2.24, 2.45) is 0 Å². The Bertz CT molecular complexity index is 879. The number of rotatable bonds is 3. The maximum Gasteiger partial charge on any atom is 0.415 e. The van der Waals surface area contributed by atoms with Gasteiger partial charge in [-0.1, -0.05) is 18.2 Å². The van der Waals surface area contributed by atoms with Gasteiger partial charge >= 0.3 is 6.09 Å². The van der Waals surface area contributed by atoms with Crippen LogP contribution in [0.1, 0.15) is 27.7 Å². The molecule has 0 fully saturated rings. The fourth-order valence-electron chi connectivity index (χ4n) is 2.99. The first-order valence-electron chi connectivity index (χ1n) is 8.25. The molecule has 4 heteroatoms. The van der Waals surface area contributed by atoms with Crippen LogP contribution in [0.15, 0.2) is 48.5 Å². The monoisotopic (exact) mass is 322 g/mol. The number of pyridine rings is 1. The minimum Gasteiger partial charge on any atom is -0.410 e. The average molecular weight is 322 g/mol. The minimum atomic E-state index is -0.326. The topological polar surface area (TPSA) is 42.4 Å². The Labute approximate surface area is 142 Å². The molecule has 0 saturated heterocycles. The zero-order valence-corrected chi connectivity index (χ0v) is 14.5. The number of fused-ring (bicyclic) bond motifs is 2. The molecule has 0 N–H and O–H groups in total. The number of hydrogen-bond acceptors (Lipinski definition) is 3. The highest BCUT2D eigenvalue weighted by Crippen LogP contribution is 2.24. The second-order valence-corrected chi connectivity index (χ2v) is 6.50. The van der Waals surface area contributed by atoms with Gasteiger partial charge in [0.2, 0.25) is 0 Å². The number of aromatic nitrogens is 1. The van der Waals surface area contributed by atoms with Crippen LogP contribution < -0.4 is 4.74 Å². The Hall–Kier alpha value is -2.62. The zero-order valence-electron chi connectivity index (χ0n) is 14.5. The van der Waals surface area contributed by atoms with Gasteiger partial charge in [0.05, 0.1) is 11.0 Å². The fourth-order valence-corrected chi connectivity index (χ4v) is 2.99. The molecular formula is C20H22N2O2. The summed E-state index contributed by atoms with van der Waals surface area (Å²) in [5.41, 5.74) is 1.85. The quantitative estimate of drug-likeness (QED) is 0.637. The number of hydrogen-bond donors (Lipinski definition) is 0. The van der Waals surface area contributed by atoms with E-state index in [1.54, 1.807) is 11.0 Å². The highest BCUT2D eigenvalue weighted by Gasteiger charge is 2.22. The smallest absolute Gasteiger partial charge is 0.410 e. The number of para-hydroxylation sites is 1. The van der Waals surface area contributed by atoms with E-state index in [1.165, 1.54) is 0 Å². The van der Waals surface area contributed by atoms with E-state index in [9.17, 15) is 4.79 Å². The molecule has 1 heterocycles. The Morgan fingerprint density at radius 2 is 1.58 bits per heavy atom. The summed E-state index contributed by atoms with van der Waals surface area (Å²) in [5.74, 6) is 0.538. The van der Waals surface area contributed by atoms with Crippen LogP contribution in [-0.4, -0.2) is 28.1 Å². The normalized spacial score (nSPS) is 11.4. The molecule has 1 amide bonds. The number of carbonyl (C=O) groups excluding carboxylic acids is 1. The van der Waals surface area contributed by atoms with Gasteiger partial charge in [-0.05, 0) is 58.0 Å². The SMILES string of the molecule is CC(C)N(C(=O)Oc1ccc2nc3ccccc3cc2c1)C(C)C. The van der Waals surface area contributed by atoms with Gasteiger partial charge in [0, 0.05) is 22.9 Å². The summed E-state index contributed by atoms with van der Waals surface area (Å²) >= 11 is 0. The summed E-state index contributed by atoms with van der Waals surface area (Å²) in [4.78, 5) is 18.8. The molecule has 0 radical (unpaired) electrons. The third-order valence-electron chi connectivity index (χ3n) is 4.02. The molecule has 0 aliphatic heterocycles. The lowest BCUT2D eigenvalue weighted by Gasteiger charge is -2.29. The van der Waals surface area contributed by atoms with E-state index < -0.39 is 0 Å². The van der Waals surface area contributed by atoms with Crippen LogP contribution in [0.4, 0.5) is 4.79 Å². The molecule has 4 nitrogen and oxygen atoms in total. The van der Waals surface area contributed by atoms with E-state index in [-0.39, 0.29) is 18.2 Å². The van der Waals surface area contributed by atoms with Crippen molar-refractivity contribution in [2.45, 2.75) is 39.8 Å². The van der Waals surface area contributed by atoms with Gasteiger partial charge in [-0.25, -0.2) is 9.78 Å². The molecule has 1 aromatic heterocycles. The summed E-state index contributed by atoms with van der Waals surface area (Å²) in [5, 5.41) is 2.03. The lowest BCUT2D eigenvalue weighted by Crippen LogP contribution is -2.43. The third-order valence-corrected chi connectivity index (χ3v) is 4.02. The molecule has 3 aromatic rings. The Kier molecular flexibility index (Phi) is 4.38. The molecule has 0 aliphatic rings. The van der Waals surface area contributed by atoms with Crippen molar-refractivity contribution >= 4 is 27.9 Å². The van der Waals surface area contributed by atoms with Crippen molar-refractivity contribution in [2.75, 3.05) is 0 Å². The van der Waals surface area contributed by atoms with Crippen LogP contribution in [0.5, 0.6) is 5.75 Å².